The molecule has 11 heteroatoms. The van der Waals surface area contributed by atoms with E-state index in [1.807, 2.05) is 4.90 Å². The summed E-state index contributed by atoms with van der Waals surface area (Å²) >= 11 is 1.28. The lowest BCUT2D eigenvalue weighted by Crippen LogP contribution is -2.64. The van der Waals surface area contributed by atoms with E-state index < -0.39 is 11.3 Å². The van der Waals surface area contributed by atoms with Crippen LogP contribution < -0.4 is 5.32 Å². The Morgan fingerprint density at radius 2 is 1.89 bits per heavy atom. The molecule has 1 aliphatic carbocycles. The highest BCUT2D eigenvalue weighted by Gasteiger charge is 2.59. The average Bonchev–Trinajstić information content (AvgIpc) is 3.38. The van der Waals surface area contributed by atoms with E-state index in [0.29, 0.717) is 50.1 Å². The first-order valence-electron chi connectivity index (χ1n) is 12.4. The van der Waals surface area contributed by atoms with E-state index in [2.05, 4.69) is 10.3 Å². The fourth-order valence-corrected chi connectivity index (χ4v) is 6.39. The van der Waals surface area contributed by atoms with E-state index in [0.717, 1.165) is 25.7 Å². The van der Waals surface area contributed by atoms with E-state index >= 15 is 0 Å². The highest BCUT2D eigenvalue weighted by molar-refractivity contribution is 7.11. The molecule has 4 aliphatic rings. The molecule has 0 unspecified atom stereocenters. The lowest BCUT2D eigenvalue weighted by atomic mass is 9.71. The Balaban J connectivity index is 1.22. The smallest absolute Gasteiger partial charge is 0.265 e. The molecule has 10 nitrogen and oxygen atoms in total. The van der Waals surface area contributed by atoms with Crippen LogP contribution >= 0.6 is 11.3 Å². The Bertz CT molecular complexity index is 973. The molecule has 1 saturated carbocycles. The Morgan fingerprint density at radius 3 is 2.57 bits per heavy atom. The number of thiazole rings is 1. The predicted molar refractivity (Wildman–Crippen MR) is 127 cm³/mol. The molecule has 1 spiro atoms. The second kappa shape index (κ2) is 9.85. The number of nitrogens with one attached hydrogen (secondary N) is 1. The normalized spacial score (nSPS) is 25.5. The lowest BCUT2D eigenvalue weighted by Gasteiger charge is -2.50. The summed E-state index contributed by atoms with van der Waals surface area (Å²) in [5.41, 5.74) is 1.15. The van der Waals surface area contributed by atoms with Crippen molar-refractivity contribution in [3.05, 3.63) is 16.6 Å². The predicted octanol–water partition coefficient (Wildman–Crippen LogP) is 0.455. The summed E-state index contributed by atoms with van der Waals surface area (Å²) < 4.78 is 5.25. The topological polar surface area (TPSA) is 112 Å². The second-order valence-electron chi connectivity index (χ2n) is 10.5. The van der Waals surface area contributed by atoms with Gasteiger partial charge < -0.3 is 24.8 Å². The number of hydrogen-bond donors (Lipinski definition) is 1. The molecule has 0 radical (unpaired) electrons. The van der Waals surface area contributed by atoms with Gasteiger partial charge in [-0.25, -0.2) is 0 Å². The van der Waals surface area contributed by atoms with Gasteiger partial charge in [0.2, 0.25) is 17.7 Å². The molecule has 190 valence electrons. The quantitative estimate of drug-likeness (QED) is 0.579. The van der Waals surface area contributed by atoms with Crippen molar-refractivity contribution in [2.75, 3.05) is 59.5 Å². The first kappa shape index (κ1) is 24.2. The van der Waals surface area contributed by atoms with Gasteiger partial charge in [-0.2, -0.15) is 0 Å². The van der Waals surface area contributed by atoms with E-state index in [9.17, 15) is 19.2 Å². The third-order valence-electron chi connectivity index (χ3n) is 7.83. The molecule has 0 aromatic carbocycles. The lowest BCUT2D eigenvalue weighted by molar-refractivity contribution is -0.151. The average molecular weight is 504 g/mol. The first-order chi connectivity index (χ1) is 16.9. The van der Waals surface area contributed by atoms with Gasteiger partial charge in [-0.1, -0.05) is 0 Å². The van der Waals surface area contributed by atoms with Gasteiger partial charge in [0, 0.05) is 57.7 Å². The van der Waals surface area contributed by atoms with Crippen LogP contribution in [0.4, 0.5) is 0 Å². The zero-order valence-corrected chi connectivity index (χ0v) is 20.9. The number of carbonyl (C=O) groups is 4. The van der Waals surface area contributed by atoms with Gasteiger partial charge >= 0.3 is 0 Å². The van der Waals surface area contributed by atoms with Crippen LogP contribution in [0.25, 0.3) is 0 Å². The number of rotatable bonds is 7. The number of hydrogen-bond acceptors (Lipinski definition) is 7. The highest BCUT2D eigenvalue weighted by Crippen LogP contribution is 2.46. The van der Waals surface area contributed by atoms with Crippen molar-refractivity contribution >= 4 is 35.0 Å². The van der Waals surface area contributed by atoms with E-state index in [-0.39, 0.29) is 42.6 Å². The summed E-state index contributed by atoms with van der Waals surface area (Å²) in [7, 11) is 1.67. The summed E-state index contributed by atoms with van der Waals surface area (Å²) in [5.74, 6) is -0.304. The van der Waals surface area contributed by atoms with Crippen molar-refractivity contribution in [3.63, 3.8) is 0 Å². The minimum atomic E-state index is -0.466. The summed E-state index contributed by atoms with van der Waals surface area (Å²) in [6.07, 6.45) is 5.39. The van der Waals surface area contributed by atoms with Crippen LogP contribution in [0, 0.1) is 23.2 Å². The number of piperidine rings is 1. The molecule has 1 N–H and O–H groups in total. The molecular weight excluding hydrogens is 470 g/mol. The van der Waals surface area contributed by atoms with Crippen molar-refractivity contribution in [2.45, 2.75) is 25.7 Å². The Morgan fingerprint density at radius 1 is 1.11 bits per heavy atom. The van der Waals surface area contributed by atoms with E-state index in [1.165, 1.54) is 11.3 Å². The standard InChI is InChI=1S/C24H33N5O5S/c1-34-11-16-3-2-6-27(9-16)20(30)8-26-21(31)18-10-28(23(33)19-7-25-15-35-19)12-24(18)13-29(14-24)22(32)17-4-5-17/h7,15-18H,2-6,8-14H2,1H3,(H,26,31)/t16-,18-/m0/s1. The fraction of sp³-hybridized carbons (Fsp3) is 0.708. The molecule has 2 atom stereocenters. The molecule has 4 amide bonds. The number of likely N-dealkylation sites (tertiary alicyclic amines) is 3. The van der Waals surface area contributed by atoms with Gasteiger partial charge in [0.1, 0.15) is 4.88 Å². The van der Waals surface area contributed by atoms with Crippen LogP contribution in [0.2, 0.25) is 0 Å². The molecule has 3 aliphatic heterocycles. The Hall–Kier alpha value is -2.53. The maximum absolute atomic E-state index is 13.3. The molecule has 4 fully saturated rings. The number of carbonyl (C=O) groups excluding carboxylic acids is 4. The molecule has 3 saturated heterocycles. The Labute approximate surface area is 209 Å². The number of ether oxygens (including phenoxy) is 1. The summed E-state index contributed by atoms with van der Waals surface area (Å²) in [6, 6.07) is 0. The van der Waals surface area contributed by atoms with Gasteiger partial charge in [0.15, 0.2) is 0 Å². The maximum Gasteiger partial charge on any atom is 0.265 e. The molecule has 0 bridgehead atoms. The number of nitrogens with zero attached hydrogens (tertiary/aromatic N) is 4. The summed E-state index contributed by atoms with van der Waals surface area (Å²) in [4.78, 5) is 61.6. The summed E-state index contributed by atoms with van der Waals surface area (Å²) in [6.45, 7) is 3.57. The van der Waals surface area contributed by atoms with Gasteiger partial charge in [0.05, 0.1) is 30.8 Å². The number of methoxy groups -OCH3 is 1. The van der Waals surface area contributed by atoms with Gasteiger partial charge in [-0.15, -0.1) is 11.3 Å². The molecule has 1 aromatic rings. The molecule has 35 heavy (non-hydrogen) atoms. The van der Waals surface area contributed by atoms with Gasteiger partial charge in [-0.05, 0) is 31.6 Å². The molecule has 5 rings (SSSR count). The fourth-order valence-electron chi connectivity index (χ4n) is 5.80. The van der Waals surface area contributed by atoms with Crippen LogP contribution in [0.3, 0.4) is 0 Å². The zero-order valence-electron chi connectivity index (χ0n) is 20.1. The van der Waals surface area contributed by atoms with Crippen molar-refractivity contribution in [2.24, 2.45) is 23.2 Å². The van der Waals surface area contributed by atoms with E-state index in [1.54, 1.807) is 28.6 Å². The van der Waals surface area contributed by atoms with Crippen LogP contribution in [-0.4, -0.2) is 103 Å². The van der Waals surface area contributed by atoms with Crippen molar-refractivity contribution < 1.29 is 23.9 Å². The van der Waals surface area contributed by atoms with Crippen LogP contribution in [0.1, 0.15) is 35.4 Å². The monoisotopic (exact) mass is 503 g/mol. The first-order valence-corrected chi connectivity index (χ1v) is 13.3. The van der Waals surface area contributed by atoms with Crippen molar-refractivity contribution in [3.8, 4) is 0 Å². The largest absolute Gasteiger partial charge is 0.384 e. The van der Waals surface area contributed by atoms with Crippen molar-refractivity contribution in [1.29, 1.82) is 0 Å². The molecule has 1 aromatic heterocycles. The van der Waals surface area contributed by atoms with Crippen LogP contribution in [0.15, 0.2) is 11.7 Å². The van der Waals surface area contributed by atoms with Gasteiger partial charge in [-0.3, -0.25) is 24.2 Å². The van der Waals surface area contributed by atoms with Crippen LogP contribution in [0.5, 0.6) is 0 Å². The summed E-state index contributed by atoms with van der Waals surface area (Å²) in [5, 5.41) is 2.85. The second-order valence-corrected chi connectivity index (χ2v) is 11.3. The number of amides is 4. The SMILES string of the molecule is COC[C@H]1CCCN(C(=O)CNC(=O)[C@@H]2CN(C(=O)c3cncs3)CC23CN(C(=O)C2CC2)C3)C1. The molecular formula is C24H33N5O5S. The maximum atomic E-state index is 13.3. The third kappa shape index (κ3) is 4.93. The van der Waals surface area contributed by atoms with Gasteiger partial charge in [0.25, 0.3) is 5.91 Å². The van der Waals surface area contributed by atoms with Crippen molar-refractivity contribution in [1.82, 2.24) is 25.0 Å². The minimum absolute atomic E-state index is 0.0569. The third-order valence-corrected chi connectivity index (χ3v) is 8.59. The van der Waals surface area contributed by atoms with Crippen LogP contribution in [-0.2, 0) is 19.1 Å². The number of aromatic nitrogens is 1. The van der Waals surface area contributed by atoms with E-state index in [4.69, 9.17) is 4.74 Å². The molecule has 4 heterocycles. The Kier molecular flexibility index (Phi) is 6.80. The zero-order chi connectivity index (χ0) is 24.6. The highest BCUT2D eigenvalue weighted by atomic mass is 32.1. The minimum Gasteiger partial charge on any atom is -0.384 e.